The quantitative estimate of drug-likeness (QED) is 0.755. The van der Waals surface area contributed by atoms with E-state index in [0.717, 1.165) is 0 Å². The highest BCUT2D eigenvalue weighted by molar-refractivity contribution is 7.89. The van der Waals surface area contributed by atoms with Gasteiger partial charge in [-0.25, -0.2) is 8.42 Å². The van der Waals surface area contributed by atoms with Gasteiger partial charge in [-0.3, -0.25) is 4.79 Å². The normalized spacial score (nSPS) is 18.2. The SMILES string of the molecule is CN(CCc1ncon1)C(=O)c1cccc(S(=O)(=O)N2CC[C@H](N)C2)c1. The maximum Gasteiger partial charge on any atom is 0.253 e. The standard InChI is InChI=1S/C16H21N5O4S/c1-20(7-6-15-18-11-25-19-15)16(22)12-3-2-4-14(9-12)26(23,24)21-8-5-13(17)10-21/h2-4,9,11,13H,5-8,10,17H2,1H3/t13-/m0/s1. The van der Waals surface area contributed by atoms with Crippen LogP contribution in [0.4, 0.5) is 0 Å². The monoisotopic (exact) mass is 379 g/mol. The smallest absolute Gasteiger partial charge is 0.253 e. The highest BCUT2D eigenvalue weighted by Gasteiger charge is 2.31. The minimum atomic E-state index is -3.65. The first-order valence-electron chi connectivity index (χ1n) is 8.24. The number of carbonyl (C=O) groups excluding carboxylic acids is 1. The third-order valence-corrected chi connectivity index (χ3v) is 6.19. The summed E-state index contributed by atoms with van der Waals surface area (Å²) in [6.07, 6.45) is 2.31. The molecule has 3 rings (SSSR count). The van der Waals surface area contributed by atoms with Gasteiger partial charge >= 0.3 is 0 Å². The summed E-state index contributed by atoms with van der Waals surface area (Å²) in [4.78, 5) is 18.1. The van der Waals surface area contributed by atoms with E-state index in [2.05, 4.69) is 14.7 Å². The lowest BCUT2D eigenvalue weighted by Crippen LogP contribution is -2.32. The lowest BCUT2D eigenvalue weighted by molar-refractivity contribution is 0.0795. The Kier molecular flexibility index (Phi) is 5.35. The summed E-state index contributed by atoms with van der Waals surface area (Å²) < 4.78 is 31.5. The van der Waals surface area contributed by atoms with Gasteiger partial charge < -0.3 is 15.2 Å². The molecule has 0 unspecified atom stereocenters. The van der Waals surface area contributed by atoms with E-state index < -0.39 is 10.0 Å². The summed E-state index contributed by atoms with van der Waals surface area (Å²) in [6.45, 7) is 1.08. The Morgan fingerprint density at radius 1 is 1.46 bits per heavy atom. The number of hydrogen-bond acceptors (Lipinski definition) is 7. The Morgan fingerprint density at radius 3 is 2.92 bits per heavy atom. The van der Waals surface area contributed by atoms with E-state index in [1.807, 2.05) is 0 Å². The lowest BCUT2D eigenvalue weighted by Gasteiger charge is -2.18. The van der Waals surface area contributed by atoms with E-state index in [1.165, 1.54) is 27.7 Å². The summed E-state index contributed by atoms with van der Waals surface area (Å²) in [5.74, 6) is 0.231. The van der Waals surface area contributed by atoms with Crippen molar-refractivity contribution in [3.05, 3.63) is 42.0 Å². The molecule has 26 heavy (non-hydrogen) atoms. The fourth-order valence-corrected chi connectivity index (χ4v) is 4.36. The molecule has 1 aliphatic rings. The van der Waals surface area contributed by atoms with Gasteiger partial charge in [-0.15, -0.1) is 0 Å². The number of likely N-dealkylation sites (N-methyl/N-ethyl adjacent to an activating group) is 1. The fourth-order valence-electron chi connectivity index (χ4n) is 2.80. The third kappa shape index (κ3) is 3.92. The number of hydrogen-bond donors (Lipinski definition) is 1. The van der Waals surface area contributed by atoms with Crippen LogP contribution in [0.2, 0.25) is 0 Å². The predicted molar refractivity (Wildman–Crippen MR) is 92.8 cm³/mol. The number of aromatic nitrogens is 2. The Balaban J connectivity index is 1.72. The van der Waals surface area contributed by atoms with Gasteiger partial charge in [-0.05, 0) is 24.6 Å². The van der Waals surface area contributed by atoms with Crippen LogP contribution < -0.4 is 5.73 Å². The molecule has 1 aromatic heterocycles. The average Bonchev–Trinajstić information content (AvgIpc) is 3.31. The summed E-state index contributed by atoms with van der Waals surface area (Å²) in [7, 11) is -2.01. The Labute approximate surface area is 151 Å². The predicted octanol–water partition coefficient (Wildman–Crippen LogP) is 0.106. The molecule has 140 valence electrons. The zero-order valence-electron chi connectivity index (χ0n) is 14.4. The van der Waals surface area contributed by atoms with Crippen molar-refractivity contribution in [1.82, 2.24) is 19.3 Å². The van der Waals surface area contributed by atoms with E-state index in [4.69, 9.17) is 5.73 Å². The fraction of sp³-hybridized carbons (Fsp3) is 0.438. The number of nitrogens with zero attached hydrogens (tertiary/aromatic N) is 4. The maximum absolute atomic E-state index is 12.7. The molecule has 1 aliphatic heterocycles. The molecule has 1 amide bonds. The number of rotatable bonds is 6. The van der Waals surface area contributed by atoms with Crippen molar-refractivity contribution in [3.8, 4) is 0 Å². The Bertz CT molecular complexity index is 869. The van der Waals surface area contributed by atoms with Crippen molar-refractivity contribution in [2.24, 2.45) is 5.73 Å². The molecule has 2 N–H and O–H groups in total. The second kappa shape index (κ2) is 7.52. The second-order valence-electron chi connectivity index (χ2n) is 6.26. The van der Waals surface area contributed by atoms with Crippen LogP contribution >= 0.6 is 0 Å². The molecule has 0 spiro atoms. The maximum atomic E-state index is 12.7. The van der Waals surface area contributed by atoms with Crippen LogP contribution in [0.25, 0.3) is 0 Å². The molecule has 10 heteroatoms. The zero-order chi connectivity index (χ0) is 18.7. The van der Waals surface area contributed by atoms with Crippen LogP contribution in [0.1, 0.15) is 22.6 Å². The highest BCUT2D eigenvalue weighted by Crippen LogP contribution is 2.21. The molecule has 2 heterocycles. The first-order valence-corrected chi connectivity index (χ1v) is 9.68. The van der Waals surface area contributed by atoms with Gasteiger partial charge in [0.25, 0.3) is 5.91 Å². The molecular weight excluding hydrogens is 358 g/mol. The van der Waals surface area contributed by atoms with Crippen molar-refractivity contribution >= 4 is 15.9 Å². The van der Waals surface area contributed by atoms with Crippen molar-refractivity contribution in [1.29, 1.82) is 0 Å². The summed E-state index contributed by atoms with van der Waals surface area (Å²) in [5.41, 5.74) is 6.12. The van der Waals surface area contributed by atoms with Crippen LogP contribution in [0.5, 0.6) is 0 Å². The molecule has 1 atom stereocenters. The second-order valence-corrected chi connectivity index (χ2v) is 8.20. The largest absolute Gasteiger partial charge is 0.343 e. The van der Waals surface area contributed by atoms with Crippen LogP contribution in [-0.4, -0.2) is 66.4 Å². The molecule has 0 saturated carbocycles. The topological polar surface area (TPSA) is 123 Å². The number of nitrogens with two attached hydrogens (primary N) is 1. The van der Waals surface area contributed by atoms with Gasteiger partial charge in [0.1, 0.15) is 0 Å². The molecule has 0 radical (unpaired) electrons. The third-order valence-electron chi connectivity index (χ3n) is 4.33. The van der Waals surface area contributed by atoms with Crippen LogP contribution in [0.3, 0.4) is 0 Å². The highest BCUT2D eigenvalue weighted by atomic mass is 32.2. The Morgan fingerprint density at radius 2 is 2.27 bits per heavy atom. The van der Waals surface area contributed by atoms with Crippen LogP contribution in [0.15, 0.2) is 40.1 Å². The average molecular weight is 379 g/mol. The van der Waals surface area contributed by atoms with Crippen LogP contribution in [0, 0.1) is 0 Å². The van der Waals surface area contributed by atoms with Crippen LogP contribution in [-0.2, 0) is 16.4 Å². The van der Waals surface area contributed by atoms with Gasteiger partial charge in [-0.1, -0.05) is 11.2 Å². The van der Waals surface area contributed by atoms with Gasteiger partial charge in [0, 0.05) is 44.7 Å². The minimum absolute atomic E-state index is 0.101. The van der Waals surface area contributed by atoms with E-state index in [9.17, 15) is 13.2 Å². The van der Waals surface area contributed by atoms with Crippen molar-refractivity contribution in [3.63, 3.8) is 0 Å². The lowest BCUT2D eigenvalue weighted by atomic mass is 10.2. The van der Waals surface area contributed by atoms with Gasteiger partial charge in [-0.2, -0.15) is 9.29 Å². The number of sulfonamides is 1. The molecule has 2 aromatic rings. The number of amides is 1. The van der Waals surface area contributed by atoms with Gasteiger partial charge in [0.2, 0.25) is 16.4 Å². The molecule has 1 fully saturated rings. The van der Waals surface area contributed by atoms with Gasteiger partial charge in [0.05, 0.1) is 4.90 Å². The van der Waals surface area contributed by atoms with E-state index in [1.54, 1.807) is 19.2 Å². The summed E-state index contributed by atoms with van der Waals surface area (Å²) in [6, 6.07) is 5.93. The molecule has 9 nitrogen and oxygen atoms in total. The van der Waals surface area contributed by atoms with Gasteiger partial charge in [0.15, 0.2) is 5.82 Å². The minimum Gasteiger partial charge on any atom is -0.343 e. The summed E-state index contributed by atoms with van der Waals surface area (Å²) in [5, 5.41) is 3.70. The molecule has 1 aromatic carbocycles. The van der Waals surface area contributed by atoms with E-state index in [0.29, 0.717) is 43.9 Å². The number of benzene rings is 1. The first kappa shape index (κ1) is 18.5. The van der Waals surface area contributed by atoms with Crippen molar-refractivity contribution < 1.29 is 17.7 Å². The number of carbonyl (C=O) groups is 1. The zero-order valence-corrected chi connectivity index (χ0v) is 15.2. The van der Waals surface area contributed by atoms with E-state index >= 15 is 0 Å². The molecular formula is C16H21N5O4S. The Hall–Kier alpha value is -2.30. The van der Waals surface area contributed by atoms with E-state index in [-0.39, 0.29) is 16.8 Å². The molecule has 0 bridgehead atoms. The molecule has 0 aliphatic carbocycles. The van der Waals surface area contributed by atoms with Crippen molar-refractivity contribution in [2.75, 3.05) is 26.7 Å². The summed E-state index contributed by atoms with van der Waals surface area (Å²) >= 11 is 0. The van der Waals surface area contributed by atoms with Crippen molar-refractivity contribution in [2.45, 2.75) is 23.8 Å². The first-order chi connectivity index (χ1) is 12.4. The molecule has 1 saturated heterocycles.